The van der Waals surface area contributed by atoms with Gasteiger partial charge in [0, 0.05) is 19.8 Å². The maximum Gasteiger partial charge on any atom is 0.231 e. The maximum atomic E-state index is 5.95. The Morgan fingerprint density at radius 3 is 2.17 bits per heavy atom. The third-order valence-electron chi connectivity index (χ3n) is 5.48. The van der Waals surface area contributed by atoms with Crippen LogP contribution in [0.15, 0.2) is 75.1 Å². The molecule has 0 saturated heterocycles. The quantitative estimate of drug-likeness (QED) is 0.108. The Kier molecular flexibility index (Phi) is 8.57. The van der Waals surface area contributed by atoms with Crippen molar-refractivity contribution in [3.8, 4) is 5.75 Å². The molecule has 0 unspecified atom stereocenters. The normalized spacial score (nSPS) is 12.2. The number of anilines is 1. The van der Waals surface area contributed by atoms with Crippen molar-refractivity contribution < 1.29 is 9.16 Å². The summed E-state index contributed by atoms with van der Waals surface area (Å²) in [7, 11) is 2.49. The lowest BCUT2D eigenvalue weighted by atomic mass is 10.3. The first-order valence-electron chi connectivity index (χ1n) is 11.7. The highest BCUT2D eigenvalue weighted by Gasteiger charge is 2.18. The van der Waals surface area contributed by atoms with Crippen LogP contribution in [-0.4, -0.2) is 40.6 Å². The van der Waals surface area contributed by atoms with Gasteiger partial charge in [0.25, 0.3) is 0 Å². The van der Waals surface area contributed by atoms with Crippen LogP contribution in [0, 0.1) is 0 Å². The first-order valence-corrected chi connectivity index (χ1v) is 16.4. The standard InChI is InChI=1S/C25H30N6O2S2Si/c1-6-36(4,5)33-16-15-32-21-13-9-19(10-14-21)27-29-23-17-22-24(35-23)26-25(34-22)30-28-18-7-11-20(12-8-18)31(2)3/h7-14,17H,6,15-16H2,1-5H3. The topological polar surface area (TPSA) is 84.0 Å². The molecule has 0 N–H and O–H groups in total. The van der Waals surface area contributed by atoms with Crippen LogP contribution in [0.3, 0.4) is 0 Å². The van der Waals surface area contributed by atoms with Gasteiger partial charge in [0.2, 0.25) is 5.13 Å². The minimum absolute atomic E-state index is 0.542. The van der Waals surface area contributed by atoms with Crippen LogP contribution in [0.4, 0.5) is 27.2 Å². The molecule has 36 heavy (non-hydrogen) atoms. The summed E-state index contributed by atoms with van der Waals surface area (Å²) in [6.07, 6.45) is 0. The lowest BCUT2D eigenvalue weighted by Gasteiger charge is -2.20. The van der Waals surface area contributed by atoms with E-state index >= 15 is 0 Å². The number of hydrogen-bond acceptors (Lipinski definition) is 10. The molecule has 0 radical (unpaired) electrons. The number of azo groups is 2. The summed E-state index contributed by atoms with van der Waals surface area (Å²) in [6.45, 7) is 7.77. The van der Waals surface area contributed by atoms with Gasteiger partial charge in [-0.15, -0.1) is 20.5 Å². The van der Waals surface area contributed by atoms with Gasteiger partial charge in [-0.25, -0.2) is 4.98 Å². The monoisotopic (exact) mass is 538 g/mol. The van der Waals surface area contributed by atoms with E-state index in [1.807, 2.05) is 73.6 Å². The molecule has 2 heterocycles. The molecule has 4 rings (SSSR count). The zero-order valence-corrected chi connectivity index (χ0v) is 23.8. The average Bonchev–Trinajstić information content (AvgIpc) is 3.43. The Labute approximate surface area is 220 Å². The van der Waals surface area contributed by atoms with Crippen molar-refractivity contribution in [3.05, 3.63) is 54.6 Å². The van der Waals surface area contributed by atoms with Crippen LogP contribution in [0.1, 0.15) is 6.92 Å². The Morgan fingerprint density at radius 1 is 0.861 bits per heavy atom. The van der Waals surface area contributed by atoms with Gasteiger partial charge in [-0.2, -0.15) is 0 Å². The molecule has 4 aromatic rings. The lowest BCUT2D eigenvalue weighted by molar-refractivity contribution is 0.211. The molecule has 0 spiro atoms. The van der Waals surface area contributed by atoms with Gasteiger partial charge in [0.1, 0.15) is 22.2 Å². The molecule has 0 aliphatic rings. The van der Waals surface area contributed by atoms with Crippen molar-refractivity contribution in [2.24, 2.45) is 20.5 Å². The Hall–Kier alpha value is -2.99. The fourth-order valence-corrected chi connectivity index (χ4v) is 5.71. The molecule has 2 aromatic carbocycles. The van der Waals surface area contributed by atoms with Gasteiger partial charge < -0.3 is 14.1 Å². The molecule has 0 atom stereocenters. The van der Waals surface area contributed by atoms with Crippen molar-refractivity contribution in [2.45, 2.75) is 26.1 Å². The van der Waals surface area contributed by atoms with Crippen LogP contribution < -0.4 is 9.64 Å². The van der Waals surface area contributed by atoms with E-state index in [4.69, 9.17) is 9.16 Å². The van der Waals surface area contributed by atoms with Crippen LogP contribution in [0.25, 0.3) is 9.53 Å². The van der Waals surface area contributed by atoms with Crippen molar-refractivity contribution in [1.29, 1.82) is 0 Å². The smallest absolute Gasteiger partial charge is 0.231 e. The van der Waals surface area contributed by atoms with Crippen LogP contribution in [0.2, 0.25) is 19.1 Å². The minimum atomic E-state index is -1.52. The SMILES string of the molecule is CC[Si](C)(C)OCCOc1ccc(N=Nc2cc3sc(N=Nc4ccc(N(C)C)cc4)nc3s2)cc1. The van der Waals surface area contributed by atoms with Crippen molar-refractivity contribution >= 4 is 67.7 Å². The zero-order chi connectivity index (χ0) is 25.5. The average molecular weight is 539 g/mol. The van der Waals surface area contributed by atoms with E-state index in [2.05, 4.69) is 45.5 Å². The molecule has 0 bridgehead atoms. The second-order valence-electron chi connectivity index (χ2n) is 8.87. The maximum absolute atomic E-state index is 5.95. The number of ether oxygens (including phenoxy) is 1. The molecule has 0 aliphatic heterocycles. The first-order chi connectivity index (χ1) is 17.3. The van der Waals surface area contributed by atoms with Crippen LogP contribution >= 0.6 is 22.7 Å². The number of nitrogens with zero attached hydrogens (tertiary/aromatic N) is 6. The van der Waals surface area contributed by atoms with Gasteiger partial charge in [0.05, 0.1) is 22.7 Å². The summed E-state index contributed by atoms with van der Waals surface area (Å²) in [5.41, 5.74) is 2.67. The van der Waals surface area contributed by atoms with Gasteiger partial charge >= 0.3 is 0 Å². The second kappa shape index (κ2) is 11.8. The van der Waals surface area contributed by atoms with Crippen LogP contribution in [-0.2, 0) is 4.43 Å². The number of rotatable bonds is 11. The molecule has 0 amide bonds. The molecule has 11 heteroatoms. The number of fused-ring (bicyclic) bond motifs is 1. The molecular formula is C25H30N6O2S2Si. The first kappa shape index (κ1) is 26.1. The molecule has 2 aromatic heterocycles. The fraction of sp³-hybridized carbons (Fsp3) is 0.320. The van der Waals surface area contributed by atoms with E-state index in [9.17, 15) is 0 Å². The summed E-state index contributed by atoms with van der Waals surface area (Å²) >= 11 is 2.97. The van der Waals surface area contributed by atoms with Gasteiger partial charge in [-0.1, -0.05) is 29.6 Å². The summed E-state index contributed by atoms with van der Waals surface area (Å²) < 4.78 is 12.7. The second-order valence-corrected chi connectivity index (χ2v) is 15.4. The van der Waals surface area contributed by atoms with E-state index in [1.165, 1.54) is 22.7 Å². The van der Waals surface area contributed by atoms with Crippen LogP contribution in [0.5, 0.6) is 5.75 Å². The Balaban J connectivity index is 1.30. The fourth-order valence-electron chi connectivity index (χ4n) is 3.02. The highest BCUT2D eigenvalue weighted by molar-refractivity contribution is 7.30. The molecular weight excluding hydrogens is 509 g/mol. The number of thiazole rings is 1. The summed E-state index contributed by atoms with van der Waals surface area (Å²) in [4.78, 5) is 7.48. The zero-order valence-electron chi connectivity index (χ0n) is 21.1. The third-order valence-corrected chi connectivity index (χ3v) is 10.1. The van der Waals surface area contributed by atoms with E-state index in [1.54, 1.807) is 0 Å². The predicted molar refractivity (Wildman–Crippen MR) is 152 cm³/mol. The summed E-state index contributed by atoms with van der Waals surface area (Å²) in [5, 5.41) is 18.7. The Bertz CT molecular complexity index is 1300. The highest BCUT2D eigenvalue weighted by atomic mass is 32.1. The van der Waals surface area contributed by atoms with Crippen molar-refractivity contribution in [2.75, 3.05) is 32.2 Å². The van der Waals surface area contributed by atoms with Crippen molar-refractivity contribution in [3.63, 3.8) is 0 Å². The molecule has 0 fully saturated rings. The minimum Gasteiger partial charge on any atom is -0.491 e. The lowest BCUT2D eigenvalue weighted by Crippen LogP contribution is -2.30. The molecule has 8 nitrogen and oxygen atoms in total. The molecule has 0 aliphatic carbocycles. The number of aromatic nitrogens is 1. The number of thiophene rings is 1. The molecule has 188 valence electrons. The molecule has 0 saturated carbocycles. The van der Waals surface area contributed by atoms with Gasteiger partial charge in [-0.05, 0) is 73.7 Å². The van der Waals surface area contributed by atoms with E-state index in [-0.39, 0.29) is 0 Å². The van der Waals surface area contributed by atoms with E-state index in [0.29, 0.717) is 18.3 Å². The summed E-state index contributed by atoms with van der Waals surface area (Å²) in [6, 6.07) is 18.6. The Morgan fingerprint density at radius 2 is 1.53 bits per heavy atom. The van der Waals surface area contributed by atoms with Gasteiger partial charge in [-0.3, -0.25) is 0 Å². The van der Waals surface area contributed by atoms with E-state index in [0.717, 1.165) is 43.4 Å². The predicted octanol–water partition coefficient (Wildman–Crippen LogP) is 8.88. The van der Waals surface area contributed by atoms with Gasteiger partial charge in [0.15, 0.2) is 8.32 Å². The largest absolute Gasteiger partial charge is 0.491 e. The summed E-state index contributed by atoms with van der Waals surface area (Å²) in [5.74, 6) is 0.796. The van der Waals surface area contributed by atoms with Crippen molar-refractivity contribution in [1.82, 2.24) is 4.98 Å². The number of hydrogen-bond donors (Lipinski definition) is 0. The number of benzene rings is 2. The third kappa shape index (κ3) is 7.26. The highest BCUT2D eigenvalue weighted by Crippen LogP contribution is 2.39. The van der Waals surface area contributed by atoms with E-state index < -0.39 is 8.32 Å².